The van der Waals surface area contributed by atoms with Gasteiger partial charge in [0.1, 0.15) is 0 Å². The molecular formula is C9H12O2. The molecule has 0 rings (SSSR count). The molecule has 0 aliphatic heterocycles. The Morgan fingerprint density at radius 1 is 1.55 bits per heavy atom. The van der Waals surface area contributed by atoms with Crippen LogP contribution in [0.4, 0.5) is 0 Å². The summed E-state index contributed by atoms with van der Waals surface area (Å²) in [4.78, 5) is 10.4. The molecule has 0 heterocycles. The average molecular weight is 152 g/mol. The fourth-order valence-electron chi connectivity index (χ4n) is 0.557. The van der Waals surface area contributed by atoms with Gasteiger partial charge in [0, 0.05) is 0 Å². The lowest BCUT2D eigenvalue weighted by Gasteiger charge is -1.96. The Bertz CT molecular complexity index is 190. The number of hydrogen-bond acceptors (Lipinski definition) is 1. The summed E-state index contributed by atoms with van der Waals surface area (Å²) in [6.45, 7) is 5.27. The molecule has 0 radical (unpaired) electrons. The van der Waals surface area contributed by atoms with E-state index in [1.54, 1.807) is 18.2 Å². The van der Waals surface area contributed by atoms with Crippen LogP contribution in [0.15, 0.2) is 37.0 Å². The second-order valence-electron chi connectivity index (χ2n) is 2.01. The monoisotopic (exact) mass is 152 g/mol. The number of aliphatic carboxylic acids is 1. The highest BCUT2D eigenvalue weighted by atomic mass is 16.4. The highest BCUT2D eigenvalue weighted by molar-refractivity contribution is 5.74. The van der Waals surface area contributed by atoms with Crippen molar-refractivity contribution in [1.29, 1.82) is 0 Å². The van der Waals surface area contributed by atoms with Gasteiger partial charge in [0.2, 0.25) is 0 Å². The molecule has 0 saturated carbocycles. The lowest BCUT2D eigenvalue weighted by molar-refractivity contribution is -0.138. The van der Waals surface area contributed by atoms with Gasteiger partial charge >= 0.3 is 5.97 Å². The summed E-state index contributed by atoms with van der Waals surface area (Å²) >= 11 is 0. The lowest BCUT2D eigenvalue weighted by atomic mass is 10.1. The normalized spacial score (nSPS) is 13.9. The third kappa shape index (κ3) is 4.14. The van der Waals surface area contributed by atoms with Crippen LogP contribution in [0.25, 0.3) is 0 Å². The van der Waals surface area contributed by atoms with Crippen LogP contribution in [0, 0.1) is 5.92 Å². The van der Waals surface area contributed by atoms with Crippen molar-refractivity contribution < 1.29 is 9.90 Å². The molecule has 0 aromatic carbocycles. The molecule has 0 aromatic rings. The van der Waals surface area contributed by atoms with Gasteiger partial charge in [-0.2, -0.15) is 0 Å². The molecule has 1 atom stereocenters. The van der Waals surface area contributed by atoms with E-state index in [1.807, 2.05) is 13.0 Å². The Labute approximate surface area is 66.5 Å². The molecular weight excluding hydrogens is 140 g/mol. The van der Waals surface area contributed by atoms with E-state index in [2.05, 4.69) is 6.58 Å². The molecule has 0 aromatic heterocycles. The molecule has 0 bridgehead atoms. The third-order valence-electron chi connectivity index (χ3n) is 1.16. The zero-order valence-electron chi connectivity index (χ0n) is 6.53. The maximum absolute atomic E-state index is 10.4. The van der Waals surface area contributed by atoms with E-state index < -0.39 is 11.9 Å². The van der Waals surface area contributed by atoms with Gasteiger partial charge in [-0.25, -0.2) is 0 Å². The van der Waals surface area contributed by atoms with Crippen molar-refractivity contribution in [3.63, 3.8) is 0 Å². The largest absolute Gasteiger partial charge is 0.481 e. The zero-order chi connectivity index (χ0) is 8.69. The summed E-state index contributed by atoms with van der Waals surface area (Å²) in [5.41, 5.74) is 0. The van der Waals surface area contributed by atoms with Crippen molar-refractivity contribution in [3.8, 4) is 0 Å². The van der Waals surface area contributed by atoms with Crippen molar-refractivity contribution in [3.05, 3.63) is 37.0 Å². The van der Waals surface area contributed by atoms with Crippen LogP contribution >= 0.6 is 0 Å². The quantitative estimate of drug-likeness (QED) is 0.494. The predicted octanol–water partition coefficient (Wildman–Crippen LogP) is 2.01. The van der Waals surface area contributed by atoms with Gasteiger partial charge in [-0.3, -0.25) is 4.79 Å². The Morgan fingerprint density at radius 3 is 2.55 bits per heavy atom. The standard InChI is InChI=1S/C9H12O2/c1-3-5-6-7-8(4-2)9(10)11/h3-8H,2H2,1H3,(H,10,11). The van der Waals surface area contributed by atoms with Gasteiger partial charge in [-0.05, 0) is 6.92 Å². The number of allylic oxidation sites excluding steroid dienone is 3. The first-order valence-corrected chi connectivity index (χ1v) is 3.37. The minimum Gasteiger partial charge on any atom is -0.481 e. The number of carboxylic acid groups (broad SMARTS) is 1. The molecule has 0 spiro atoms. The minimum atomic E-state index is -0.874. The highest BCUT2D eigenvalue weighted by Crippen LogP contribution is 1.99. The first-order valence-electron chi connectivity index (χ1n) is 3.37. The van der Waals surface area contributed by atoms with E-state index in [4.69, 9.17) is 5.11 Å². The van der Waals surface area contributed by atoms with Crippen LogP contribution in [0.5, 0.6) is 0 Å². The van der Waals surface area contributed by atoms with Crippen LogP contribution in [0.1, 0.15) is 6.92 Å². The van der Waals surface area contributed by atoms with E-state index in [9.17, 15) is 4.79 Å². The number of carbonyl (C=O) groups is 1. The molecule has 0 amide bonds. The van der Waals surface area contributed by atoms with Crippen LogP contribution in [-0.4, -0.2) is 11.1 Å². The Morgan fingerprint density at radius 2 is 2.18 bits per heavy atom. The zero-order valence-corrected chi connectivity index (χ0v) is 6.53. The van der Waals surface area contributed by atoms with Gasteiger partial charge in [-0.15, -0.1) is 6.58 Å². The van der Waals surface area contributed by atoms with E-state index in [-0.39, 0.29) is 0 Å². The molecule has 1 N–H and O–H groups in total. The van der Waals surface area contributed by atoms with Gasteiger partial charge in [0.15, 0.2) is 0 Å². The number of carboxylic acids is 1. The maximum Gasteiger partial charge on any atom is 0.314 e. The van der Waals surface area contributed by atoms with Crippen molar-refractivity contribution in [2.75, 3.05) is 0 Å². The van der Waals surface area contributed by atoms with Gasteiger partial charge in [-0.1, -0.05) is 30.4 Å². The topological polar surface area (TPSA) is 37.3 Å². The summed E-state index contributed by atoms with van der Waals surface area (Å²) < 4.78 is 0. The highest BCUT2D eigenvalue weighted by Gasteiger charge is 2.06. The van der Waals surface area contributed by atoms with E-state index >= 15 is 0 Å². The smallest absolute Gasteiger partial charge is 0.314 e. The molecule has 1 unspecified atom stereocenters. The fourth-order valence-corrected chi connectivity index (χ4v) is 0.557. The van der Waals surface area contributed by atoms with Crippen LogP contribution in [0.2, 0.25) is 0 Å². The van der Waals surface area contributed by atoms with Gasteiger partial charge in [0.25, 0.3) is 0 Å². The molecule has 2 heteroatoms. The number of rotatable bonds is 4. The SMILES string of the molecule is C=CC(C=CC=CC)C(=O)O. The van der Waals surface area contributed by atoms with E-state index in [1.165, 1.54) is 6.08 Å². The summed E-state index contributed by atoms with van der Waals surface area (Å²) in [5, 5.41) is 8.53. The predicted molar refractivity (Wildman–Crippen MR) is 45.3 cm³/mol. The van der Waals surface area contributed by atoms with Gasteiger partial charge in [0.05, 0.1) is 5.92 Å². The third-order valence-corrected chi connectivity index (χ3v) is 1.16. The summed E-state index contributed by atoms with van der Waals surface area (Å²) in [7, 11) is 0. The first-order chi connectivity index (χ1) is 5.22. The van der Waals surface area contributed by atoms with Crippen molar-refractivity contribution in [2.24, 2.45) is 5.92 Å². The first kappa shape index (κ1) is 9.69. The second kappa shape index (κ2) is 5.47. The minimum absolute atomic E-state index is 0.578. The fraction of sp³-hybridized carbons (Fsp3) is 0.222. The molecule has 0 aliphatic carbocycles. The summed E-state index contributed by atoms with van der Waals surface area (Å²) in [6, 6.07) is 0. The van der Waals surface area contributed by atoms with Gasteiger partial charge < -0.3 is 5.11 Å². The van der Waals surface area contributed by atoms with Crippen LogP contribution in [0.3, 0.4) is 0 Å². The second-order valence-corrected chi connectivity index (χ2v) is 2.01. The average Bonchev–Trinajstić information content (AvgIpc) is 1.97. The molecule has 11 heavy (non-hydrogen) atoms. The summed E-state index contributed by atoms with van der Waals surface area (Å²) in [5.74, 6) is -1.45. The molecule has 0 aliphatic rings. The van der Waals surface area contributed by atoms with Crippen molar-refractivity contribution in [2.45, 2.75) is 6.92 Å². The lowest BCUT2D eigenvalue weighted by Crippen LogP contribution is -2.06. The Balaban J connectivity index is 4.07. The Kier molecular flexibility index (Phi) is 4.82. The van der Waals surface area contributed by atoms with Crippen LogP contribution in [-0.2, 0) is 4.79 Å². The van der Waals surface area contributed by atoms with E-state index in [0.717, 1.165) is 0 Å². The van der Waals surface area contributed by atoms with Crippen molar-refractivity contribution >= 4 is 5.97 Å². The molecule has 60 valence electrons. The molecule has 2 nitrogen and oxygen atoms in total. The van der Waals surface area contributed by atoms with Crippen molar-refractivity contribution in [1.82, 2.24) is 0 Å². The summed E-state index contributed by atoms with van der Waals surface area (Å²) in [6.07, 6.45) is 8.27. The van der Waals surface area contributed by atoms with Crippen LogP contribution < -0.4 is 0 Å². The Hall–Kier alpha value is -1.31. The number of hydrogen-bond donors (Lipinski definition) is 1. The maximum atomic E-state index is 10.4. The molecule has 0 fully saturated rings. The molecule has 0 saturated heterocycles. The van der Waals surface area contributed by atoms with E-state index in [0.29, 0.717) is 0 Å².